The number of carboxylic acids is 1. The fourth-order valence-corrected chi connectivity index (χ4v) is 3.12. The monoisotopic (exact) mass is 366 g/mol. The van der Waals surface area contributed by atoms with Crippen molar-refractivity contribution < 1.29 is 46.0 Å². The summed E-state index contributed by atoms with van der Waals surface area (Å²) in [6.07, 6.45) is 21.2. The molecule has 25 heavy (non-hydrogen) atoms. The van der Waals surface area contributed by atoms with Crippen LogP contribution in [0.4, 0.5) is 0 Å². The van der Waals surface area contributed by atoms with Crippen LogP contribution in [0, 0.1) is 0 Å². The van der Waals surface area contributed by atoms with E-state index in [1.54, 1.807) is 0 Å². The van der Waals surface area contributed by atoms with Gasteiger partial charge in [0.1, 0.15) is 0 Å². The third-order valence-corrected chi connectivity index (χ3v) is 4.98. The molecule has 0 fully saturated rings. The second kappa shape index (κ2) is 19.2. The Morgan fingerprint density at radius 3 is 1.28 bits per heavy atom. The smallest absolute Gasteiger partial charge is 1.00 e. The maximum atomic E-state index is 10.8. The summed E-state index contributed by atoms with van der Waals surface area (Å²) in [6.45, 7) is 3.66. The fourth-order valence-electron chi connectivity index (χ4n) is 3.12. The van der Waals surface area contributed by atoms with Gasteiger partial charge in [0.25, 0.3) is 0 Å². The van der Waals surface area contributed by atoms with Gasteiger partial charge in [-0.15, -0.1) is 0 Å². The Labute approximate surface area is 180 Å². The van der Waals surface area contributed by atoms with E-state index >= 15 is 0 Å². The van der Waals surface area contributed by atoms with Crippen LogP contribution in [0.2, 0.25) is 0 Å². The number of aliphatic hydroxyl groups is 1. The van der Waals surface area contributed by atoms with E-state index in [1.165, 1.54) is 90.4 Å². The largest absolute Gasteiger partial charge is 1.00 e. The zero-order chi connectivity index (χ0) is 18.1. The molecule has 0 amide bonds. The number of hydrogen-bond acceptors (Lipinski definition) is 2. The van der Waals surface area contributed by atoms with Gasteiger partial charge >= 0.3 is 35.5 Å². The van der Waals surface area contributed by atoms with E-state index in [0.717, 1.165) is 19.3 Å². The number of unbranched alkanes of at least 4 members (excludes halogenated alkanes) is 15. The summed E-state index contributed by atoms with van der Waals surface area (Å²) in [6, 6.07) is 0. The van der Waals surface area contributed by atoms with Crippen molar-refractivity contribution in [3.05, 3.63) is 0 Å². The van der Waals surface area contributed by atoms with Crippen LogP contribution in [0.15, 0.2) is 0 Å². The van der Waals surface area contributed by atoms with Crippen molar-refractivity contribution in [1.82, 2.24) is 0 Å². The minimum absolute atomic E-state index is 0. The van der Waals surface area contributed by atoms with E-state index < -0.39 is 11.6 Å². The van der Waals surface area contributed by atoms with Gasteiger partial charge in [-0.25, -0.2) is 4.79 Å². The Hall–Kier alpha value is 0.430. The van der Waals surface area contributed by atoms with E-state index in [0.29, 0.717) is 6.42 Å². The molecule has 0 aliphatic carbocycles. The molecule has 0 radical (unpaired) electrons. The second-order valence-corrected chi connectivity index (χ2v) is 7.63. The molecule has 0 aliphatic heterocycles. The van der Waals surface area contributed by atoms with Gasteiger partial charge in [-0.2, -0.15) is 0 Å². The first-order valence-electron chi connectivity index (χ1n) is 10.5. The molecule has 0 saturated carbocycles. The molecule has 0 aromatic rings. The molecule has 0 aromatic carbocycles. The van der Waals surface area contributed by atoms with Crippen LogP contribution >= 0.6 is 0 Å². The minimum Gasteiger partial charge on any atom is -1.00 e. The van der Waals surface area contributed by atoms with Gasteiger partial charge in [0.05, 0.1) is 0 Å². The van der Waals surface area contributed by atoms with Crippen LogP contribution in [0.3, 0.4) is 0 Å². The van der Waals surface area contributed by atoms with Crippen LogP contribution < -0.4 is 29.6 Å². The first-order valence-corrected chi connectivity index (χ1v) is 10.5. The molecule has 2 N–H and O–H groups in total. The summed E-state index contributed by atoms with van der Waals surface area (Å²) >= 11 is 0. The minimum atomic E-state index is -1.55. The Bertz CT molecular complexity index is 299. The fraction of sp³-hybridized carbons (Fsp3) is 0.952. The predicted octanol–water partition coefficient (Wildman–Crippen LogP) is 3.59. The van der Waals surface area contributed by atoms with Gasteiger partial charge in [0.15, 0.2) is 5.60 Å². The van der Waals surface area contributed by atoms with Crippen molar-refractivity contribution >= 4 is 5.97 Å². The Kier molecular flexibility index (Phi) is 21.2. The summed E-state index contributed by atoms with van der Waals surface area (Å²) in [4.78, 5) is 10.8. The topological polar surface area (TPSA) is 57.5 Å². The first-order chi connectivity index (χ1) is 11.5. The molecule has 4 heteroatoms. The molecule has 0 bridgehead atoms. The normalized spacial score (nSPS) is 13.2. The van der Waals surface area contributed by atoms with Crippen molar-refractivity contribution in [3.63, 3.8) is 0 Å². The number of carboxylic acid groups (broad SMARTS) is 1. The number of hydrogen-bond donors (Lipinski definition) is 2. The summed E-state index contributed by atoms with van der Waals surface area (Å²) in [5.74, 6) is -1.11. The van der Waals surface area contributed by atoms with E-state index in [1.807, 2.05) is 0 Å². The van der Waals surface area contributed by atoms with Crippen molar-refractivity contribution in [2.75, 3.05) is 0 Å². The van der Waals surface area contributed by atoms with E-state index in [4.69, 9.17) is 5.11 Å². The van der Waals surface area contributed by atoms with Crippen LogP contribution in [0.1, 0.15) is 124 Å². The number of rotatable bonds is 18. The molecule has 3 nitrogen and oxygen atoms in total. The van der Waals surface area contributed by atoms with Crippen LogP contribution in [-0.2, 0) is 4.79 Å². The van der Waals surface area contributed by atoms with E-state index in [2.05, 4.69) is 6.92 Å². The molecule has 0 rings (SSSR count). The summed E-state index contributed by atoms with van der Waals surface area (Å²) in [5.41, 5.74) is -1.55. The molecule has 0 aromatic heterocycles. The summed E-state index contributed by atoms with van der Waals surface area (Å²) < 4.78 is 0. The van der Waals surface area contributed by atoms with Crippen LogP contribution in [0.5, 0.6) is 0 Å². The van der Waals surface area contributed by atoms with Gasteiger partial charge in [0, 0.05) is 0 Å². The van der Waals surface area contributed by atoms with Gasteiger partial charge in [0.2, 0.25) is 0 Å². The van der Waals surface area contributed by atoms with Gasteiger partial charge in [-0.3, -0.25) is 0 Å². The molecule has 0 aliphatic rings. The third kappa shape index (κ3) is 19.0. The summed E-state index contributed by atoms with van der Waals surface area (Å²) in [5, 5.41) is 18.4. The van der Waals surface area contributed by atoms with Gasteiger partial charge in [-0.05, 0) is 19.8 Å². The third-order valence-electron chi connectivity index (χ3n) is 4.98. The zero-order valence-electron chi connectivity index (χ0n) is 18.3. The average molecular weight is 367 g/mol. The maximum Gasteiger partial charge on any atom is 1.00 e. The molecule has 0 heterocycles. The van der Waals surface area contributed by atoms with Crippen LogP contribution in [0.25, 0.3) is 0 Å². The summed E-state index contributed by atoms with van der Waals surface area (Å²) in [7, 11) is 0. The molecule has 0 saturated heterocycles. The maximum absolute atomic E-state index is 10.8. The van der Waals surface area contributed by atoms with Gasteiger partial charge in [-0.1, -0.05) is 103 Å². The molecular formula is C21H43NaO3. The predicted molar refractivity (Wildman–Crippen MR) is 104 cm³/mol. The SMILES string of the molecule is CCCCCCCCCCCCCCCCCCC(C)(O)C(=O)O.[H-].[Na+]. The van der Waals surface area contributed by atoms with E-state index in [9.17, 15) is 9.90 Å². The Morgan fingerprint density at radius 1 is 0.720 bits per heavy atom. The van der Waals surface area contributed by atoms with Crippen molar-refractivity contribution in [2.45, 2.75) is 129 Å². The van der Waals surface area contributed by atoms with Crippen molar-refractivity contribution in [2.24, 2.45) is 0 Å². The van der Waals surface area contributed by atoms with Crippen molar-refractivity contribution in [1.29, 1.82) is 0 Å². The molecule has 1 atom stereocenters. The standard InChI is InChI=1S/C21H42O3.Na.H/c1-3-4-5-6-7-8-9-10-11-12-13-14-15-16-17-18-19-21(2,24)20(22)23;;/h24H,3-19H2,1-2H3,(H,22,23);;/q;+1;-1. The quantitative estimate of drug-likeness (QED) is 0.288. The second-order valence-electron chi connectivity index (χ2n) is 7.63. The molecular weight excluding hydrogens is 323 g/mol. The Morgan fingerprint density at radius 2 is 1.00 bits per heavy atom. The average Bonchev–Trinajstić information content (AvgIpc) is 2.54. The Balaban J connectivity index is -0.00000264. The molecule has 1 unspecified atom stereocenters. The number of aliphatic carboxylic acids is 1. The van der Waals surface area contributed by atoms with Crippen molar-refractivity contribution in [3.8, 4) is 0 Å². The van der Waals surface area contributed by atoms with E-state index in [-0.39, 0.29) is 31.0 Å². The van der Waals surface area contributed by atoms with Gasteiger partial charge < -0.3 is 11.6 Å². The van der Waals surface area contributed by atoms with Crippen LogP contribution in [-0.4, -0.2) is 21.8 Å². The molecule has 146 valence electrons. The molecule has 0 spiro atoms. The first kappa shape index (κ1) is 27.6. The zero-order valence-corrected chi connectivity index (χ0v) is 19.3. The number of carbonyl (C=O) groups is 1.